The van der Waals surface area contributed by atoms with Crippen molar-refractivity contribution in [2.24, 2.45) is 5.73 Å². The molecule has 2 aliphatic heterocycles. The van der Waals surface area contributed by atoms with Crippen LogP contribution in [0.2, 0.25) is 0 Å². The van der Waals surface area contributed by atoms with Gasteiger partial charge in [-0.2, -0.15) is 5.26 Å². The van der Waals surface area contributed by atoms with Gasteiger partial charge in [0.05, 0.1) is 18.6 Å². The van der Waals surface area contributed by atoms with Crippen LogP contribution in [-0.4, -0.2) is 35.5 Å². The van der Waals surface area contributed by atoms with E-state index in [0.717, 1.165) is 19.3 Å². The number of carbonyl (C=O) groups excluding carboxylic acids is 1. The van der Waals surface area contributed by atoms with Crippen molar-refractivity contribution in [3.63, 3.8) is 0 Å². The molecule has 2 fully saturated rings. The molecule has 0 aliphatic carbocycles. The van der Waals surface area contributed by atoms with Gasteiger partial charge in [0.1, 0.15) is 0 Å². The topological polar surface area (TPSA) is 82.2 Å². The molecule has 3 N–H and O–H groups in total. The van der Waals surface area contributed by atoms with Crippen molar-refractivity contribution < 1.29 is 4.79 Å². The van der Waals surface area contributed by atoms with Gasteiger partial charge in [0.15, 0.2) is 6.19 Å². The van der Waals surface area contributed by atoms with Crippen molar-refractivity contribution in [2.45, 2.75) is 37.4 Å². The first kappa shape index (κ1) is 9.28. The van der Waals surface area contributed by atoms with Gasteiger partial charge in [-0.25, -0.2) is 0 Å². The second-order valence-corrected chi connectivity index (χ2v) is 3.92. The lowest BCUT2D eigenvalue weighted by Gasteiger charge is -2.21. The molecule has 2 bridgehead atoms. The van der Waals surface area contributed by atoms with E-state index in [9.17, 15) is 4.79 Å². The molecule has 2 heterocycles. The standard InChI is InChI=1S/C9H14N4O/c10-4-9(14)12-7-3-6-1-2-8(7)13(6)5-11/h6-8H,1-4,10H2,(H,12,14)/t6-,7+,8+/m0/s1. The highest BCUT2D eigenvalue weighted by Gasteiger charge is 2.46. The van der Waals surface area contributed by atoms with Crippen LogP contribution in [0.25, 0.3) is 0 Å². The molecule has 0 radical (unpaired) electrons. The number of hydrogen-bond donors (Lipinski definition) is 2. The van der Waals surface area contributed by atoms with Crippen molar-refractivity contribution in [3.05, 3.63) is 0 Å². The average Bonchev–Trinajstić information content (AvgIpc) is 2.73. The molecule has 0 aromatic rings. The zero-order valence-corrected chi connectivity index (χ0v) is 7.94. The molecular formula is C9H14N4O. The second-order valence-electron chi connectivity index (χ2n) is 3.92. The second kappa shape index (κ2) is 3.46. The van der Waals surface area contributed by atoms with E-state index < -0.39 is 0 Å². The summed E-state index contributed by atoms with van der Waals surface area (Å²) >= 11 is 0. The molecule has 0 unspecified atom stereocenters. The maximum atomic E-state index is 11.1. The fraction of sp³-hybridized carbons (Fsp3) is 0.778. The molecule has 3 atom stereocenters. The molecule has 2 saturated heterocycles. The number of carbonyl (C=O) groups is 1. The lowest BCUT2D eigenvalue weighted by atomic mass is 9.95. The van der Waals surface area contributed by atoms with Crippen LogP contribution >= 0.6 is 0 Å². The Morgan fingerprint density at radius 3 is 3.00 bits per heavy atom. The number of hydrogen-bond acceptors (Lipinski definition) is 4. The molecule has 0 spiro atoms. The maximum absolute atomic E-state index is 11.1. The summed E-state index contributed by atoms with van der Waals surface area (Å²) in [5.41, 5.74) is 5.22. The third-order valence-corrected chi connectivity index (χ3v) is 3.18. The molecule has 1 amide bonds. The Hall–Kier alpha value is -1.28. The molecule has 2 aliphatic rings. The van der Waals surface area contributed by atoms with Crippen molar-refractivity contribution in [1.82, 2.24) is 10.2 Å². The van der Waals surface area contributed by atoms with E-state index in [1.165, 1.54) is 0 Å². The smallest absolute Gasteiger partial charge is 0.234 e. The molecule has 0 aromatic carbocycles. The molecular weight excluding hydrogens is 180 g/mol. The highest BCUT2D eigenvalue weighted by atomic mass is 16.1. The summed E-state index contributed by atoms with van der Waals surface area (Å²) in [6.45, 7) is 0.0282. The van der Waals surface area contributed by atoms with Crippen LogP contribution in [0.4, 0.5) is 0 Å². The minimum atomic E-state index is -0.125. The monoisotopic (exact) mass is 194 g/mol. The van der Waals surface area contributed by atoms with E-state index in [0.29, 0.717) is 6.04 Å². The number of nitrogens with one attached hydrogen (secondary N) is 1. The minimum absolute atomic E-state index is 0.0282. The van der Waals surface area contributed by atoms with Crippen molar-refractivity contribution >= 4 is 5.91 Å². The number of nitrogens with two attached hydrogens (primary N) is 1. The van der Waals surface area contributed by atoms with Gasteiger partial charge in [-0.15, -0.1) is 0 Å². The van der Waals surface area contributed by atoms with Gasteiger partial charge >= 0.3 is 0 Å². The van der Waals surface area contributed by atoms with Crippen LogP contribution in [0.5, 0.6) is 0 Å². The lowest BCUT2D eigenvalue weighted by molar-refractivity contribution is -0.120. The van der Waals surface area contributed by atoms with Crippen LogP contribution in [0.3, 0.4) is 0 Å². The van der Waals surface area contributed by atoms with E-state index in [-0.39, 0.29) is 24.5 Å². The summed E-state index contributed by atoms with van der Waals surface area (Å²) < 4.78 is 0. The largest absolute Gasteiger partial charge is 0.350 e. The molecule has 14 heavy (non-hydrogen) atoms. The summed E-state index contributed by atoms with van der Waals surface area (Å²) in [5.74, 6) is -0.125. The van der Waals surface area contributed by atoms with E-state index in [1.807, 2.05) is 4.90 Å². The molecule has 5 heteroatoms. The summed E-state index contributed by atoms with van der Waals surface area (Å²) in [6.07, 6.45) is 5.18. The molecule has 0 aromatic heterocycles. The maximum Gasteiger partial charge on any atom is 0.234 e. The van der Waals surface area contributed by atoms with Gasteiger partial charge in [-0.05, 0) is 19.3 Å². The first-order valence-corrected chi connectivity index (χ1v) is 4.93. The van der Waals surface area contributed by atoms with Crippen LogP contribution in [0.15, 0.2) is 0 Å². The quantitative estimate of drug-likeness (QED) is 0.561. The number of fused-ring (bicyclic) bond motifs is 2. The van der Waals surface area contributed by atoms with Crippen LogP contribution in [0, 0.1) is 11.5 Å². The van der Waals surface area contributed by atoms with E-state index in [2.05, 4.69) is 11.5 Å². The third kappa shape index (κ3) is 1.32. The van der Waals surface area contributed by atoms with E-state index >= 15 is 0 Å². The average molecular weight is 194 g/mol. The highest BCUT2D eigenvalue weighted by Crippen LogP contribution is 2.36. The van der Waals surface area contributed by atoms with Crippen LogP contribution in [-0.2, 0) is 4.79 Å². The van der Waals surface area contributed by atoms with Gasteiger partial charge in [0.25, 0.3) is 0 Å². The number of amides is 1. The predicted molar refractivity (Wildman–Crippen MR) is 49.9 cm³/mol. The summed E-state index contributed by atoms with van der Waals surface area (Å²) in [5, 5.41) is 11.8. The Morgan fingerprint density at radius 1 is 1.64 bits per heavy atom. The van der Waals surface area contributed by atoms with E-state index in [1.54, 1.807) is 0 Å². The zero-order chi connectivity index (χ0) is 10.1. The number of nitrogens with zero attached hydrogens (tertiary/aromatic N) is 2. The van der Waals surface area contributed by atoms with E-state index in [4.69, 9.17) is 11.0 Å². The fourth-order valence-electron chi connectivity index (χ4n) is 2.57. The van der Waals surface area contributed by atoms with Crippen molar-refractivity contribution in [1.29, 1.82) is 5.26 Å². The summed E-state index contributed by atoms with van der Waals surface area (Å²) in [6, 6.07) is 0.679. The van der Waals surface area contributed by atoms with Crippen molar-refractivity contribution in [3.8, 4) is 6.19 Å². The lowest BCUT2D eigenvalue weighted by Crippen LogP contribution is -2.45. The first-order chi connectivity index (χ1) is 6.76. The minimum Gasteiger partial charge on any atom is -0.350 e. The molecule has 0 saturated carbocycles. The zero-order valence-electron chi connectivity index (χ0n) is 7.94. The third-order valence-electron chi connectivity index (χ3n) is 3.18. The van der Waals surface area contributed by atoms with Gasteiger partial charge < -0.3 is 16.0 Å². The predicted octanol–water partition coefficient (Wildman–Crippen LogP) is -0.852. The normalized spacial score (nSPS) is 34.3. The summed E-state index contributed by atoms with van der Waals surface area (Å²) in [7, 11) is 0. The highest BCUT2D eigenvalue weighted by molar-refractivity contribution is 5.78. The Morgan fingerprint density at radius 2 is 2.43 bits per heavy atom. The Labute approximate surface area is 82.9 Å². The van der Waals surface area contributed by atoms with Gasteiger partial charge in [-0.1, -0.05) is 0 Å². The number of nitriles is 1. The van der Waals surface area contributed by atoms with Gasteiger partial charge in [0.2, 0.25) is 5.91 Å². The Balaban J connectivity index is 1.99. The van der Waals surface area contributed by atoms with Crippen LogP contribution in [0.1, 0.15) is 19.3 Å². The molecule has 5 nitrogen and oxygen atoms in total. The SMILES string of the molecule is N#CN1[C@H]2CC[C@@H]1[C@H](NC(=O)CN)C2. The van der Waals surface area contributed by atoms with Crippen molar-refractivity contribution in [2.75, 3.05) is 6.54 Å². The fourth-order valence-corrected chi connectivity index (χ4v) is 2.57. The number of rotatable bonds is 2. The van der Waals surface area contributed by atoms with Gasteiger partial charge in [0, 0.05) is 6.04 Å². The van der Waals surface area contributed by atoms with Crippen LogP contribution < -0.4 is 11.1 Å². The van der Waals surface area contributed by atoms with Gasteiger partial charge in [-0.3, -0.25) is 4.79 Å². The Bertz CT molecular complexity index is 285. The molecule has 2 rings (SSSR count). The Kier molecular flexibility index (Phi) is 2.30. The first-order valence-electron chi connectivity index (χ1n) is 4.93. The molecule has 76 valence electrons. The summed E-state index contributed by atoms with van der Waals surface area (Å²) in [4.78, 5) is 12.9.